The lowest BCUT2D eigenvalue weighted by molar-refractivity contribution is -0.107. The number of rotatable bonds is 5. The van der Waals surface area contributed by atoms with Gasteiger partial charge < -0.3 is 9.84 Å². The van der Waals surface area contributed by atoms with Gasteiger partial charge in [0.05, 0.1) is 18.3 Å². The fourth-order valence-electron chi connectivity index (χ4n) is 1.64. The molecule has 0 saturated heterocycles. The summed E-state index contributed by atoms with van der Waals surface area (Å²) in [6.45, 7) is 5.47. The van der Waals surface area contributed by atoms with Crippen molar-refractivity contribution in [2.24, 2.45) is 5.92 Å². The molecule has 0 bridgehead atoms. The molecule has 1 aliphatic carbocycles. The van der Waals surface area contributed by atoms with Crippen molar-refractivity contribution in [2.45, 2.75) is 57.8 Å². The second kappa shape index (κ2) is 4.29. The highest BCUT2D eigenvalue weighted by Crippen LogP contribution is 2.44. The number of hydrogen-bond donors (Lipinski definition) is 1. The van der Waals surface area contributed by atoms with Crippen LogP contribution in [0.15, 0.2) is 0 Å². The molecule has 0 spiro atoms. The van der Waals surface area contributed by atoms with Crippen LogP contribution >= 0.6 is 0 Å². The van der Waals surface area contributed by atoms with Crippen molar-refractivity contribution < 1.29 is 9.84 Å². The van der Waals surface area contributed by atoms with Gasteiger partial charge >= 0.3 is 0 Å². The molecule has 0 aliphatic heterocycles. The van der Waals surface area contributed by atoms with Gasteiger partial charge in [-0.15, -0.1) is 0 Å². The molecule has 3 heteroatoms. The van der Waals surface area contributed by atoms with Gasteiger partial charge in [-0.2, -0.15) is 5.26 Å². The van der Waals surface area contributed by atoms with E-state index in [4.69, 9.17) is 10.00 Å². The maximum Gasteiger partial charge on any atom is 0.157 e. The molecular weight excluding hydrogens is 178 g/mol. The molecule has 1 aliphatic rings. The highest BCUT2D eigenvalue weighted by Gasteiger charge is 2.46. The van der Waals surface area contributed by atoms with E-state index in [1.807, 2.05) is 13.8 Å². The molecule has 0 aromatic heterocycles. The number of aliphatic hydroxyl groups excluding tert-OH is 1. The summed E-state index contributed by atoms with van der Waals surface area (Å²) in [5.41, 5.74) is -0.656. The van der Waals surface area contributed by atoms with Crippen molar-refractivity contribution >= 4 is 0 Å². The van der Waals surface area contributed by atoms with Crippen LogP contribution in [0.4, 0.5) is 0 Å². The third kappa shape index (κ3) is 2.26. The summed E-state index contributed by atoms with van der Waals surface area (Å²) in [5.74, 6) is 0.374. The molecule has 3 unspecified atom stereocenters. The van der Waals surface area contributed by atoms with E-state index in [1.54, 1.807) is 6.92 Å². The van der Waals surface area contributed by atoms with Crippen LogP contribution in [-0.4, -0.2) is 22.9 Å². The van der Waals surface area contributed by atoms with E-state index < -0.39 is 11.7 Å². The lowest BCUT2D eigenvalue weighted by atomic mass is 9.95. The fourth-order valence-corrected chi connectivity index (χ4v) is 1.64. The summed E-state index contributed by atoms with van der Waals surface area (Å²) in [4.78, 5) is 0. The number of ether oxygens (including phenoxy) is 1. The van der Waals surface area contributed by atoms with Crippen molar-refractivity contribution in [1.29, 1.82) is 5.26 Å². The predicted octanol–water partition coefficient (Wildman–Crippen LogP) is 1.85. The molecule has 0 amide bonds. The van der Waals surface area contributed by atoms with Crippen LogP contribution in [0, 0.1) is 17.2 Å². The van der Waals surface area contributed by atoms with Gasteiger partial charge in [0.15, 0.2) is 5.60 Å². The van der Waals surface area contributed by atoms with Gasteiger partial charge in [-0.05, 0) is 33.1 Å². The zero-order valence-electron chi connectivity index (χ0n) is 9.16. The molecule has 1 N–H and O–H groups in total. The zero-order chi connectivity index (χ0) is 10.8. The van der Waals surface area contributed by atoms with Crippen LogP contribution in [-0.2, 0) is 4.74 Å². The van der Waals surface area contributed by atoms with Crippen LogP contribution < -0.4 is 0 Å². The Kier molecular flexibility index (Phi) is 3.52. The van der Waals surface area contributed by atoms with Crippen LogP contribution in [0.3, 0.4) is 0 Å². The van der Waals surface area contributed by atoms with Crippen molar-refractivity contribution in [1.82, 2.24) is 0 Å². The van der Waals surface area contributed by atoms with Crippen LogP contribution in [0.2, 0.25) is 0 Å². The summed E-state index contributed by atoms with van der Waals surface area (Å²) in [6, 6.07) is 2.28. The van der Waals surface area contributed by atoms with E-state index >= 15 is 0 Å². The zero-order valence-corrected chi connectivity index (χ0v) is 9.16. The minimum atomic E-state index is -0.656. The molecule has 3 nitrogen and oxygen atoms in total. The largest absolute Gasteiger partial charge is 0.391 e. The lowest BCUT2D eigenvalue weighted by Crippen LogP contribution is -2.39. The first kappa shape index (κ1) is 11.5. The van der Waals surface area contributed by atoms with E-state index in [9.17, 15) is 5.11 Å². The molecule has 0 aromatic carbocycles. The first-order valence-corrected chi connectivity index (χ1v) is 5.33. The standard InChI is InChI=1S/C11H19NO2/c1-4-11(7-12,10-5-6-10)14-9(3)8(2)13/h8-10,13H,4-6H2,1-3H3. The van der Waals surface area contributed by atoms with Crippen LogP contribution in [0.5, 0.6) is 0 Å². The molecule has 0 aromatic rings. The fraction of sp³-hybridized carbons (Fsp3) is 0.909. The van der Waals surface area contributed by atoms with Gasteiger partial charge in [-0.25, -0.2) is 0 Å². The van der Waals surface area contributed by atoms with Gasteiger partial charge in [-0.3, -0.25) is 0 Å². The molecule has 14 heavy (non-hydrogen) atoms. The summed E-state index contributed by atoms with van der Waals surface area (Å²) < 4.78 is 5.71. The minimum absolute atomic E-state index is 0.268. The normalized spacial score (nSPS) is 24.8. The third-order valence-corrected chi connectivity index (χ3v) is 3.03. The average Bonchev–Trinajstić information content (AvgIpc) is 2.97. The number of nitriles is 1. The second-order valence-corrected chi connectivity index (χ2v) is 4.19. The quantitative estimate of drug-likeness (QED) is 0.731. The average molecular weight is 197 g/mol. The van der Waals surface area contributed by atoms with Crippen molar-refractivity contribution in [3.05, 3.63) is 0 Å². The maximum absolute atomic E-state index is 9.34. The Morgan fingerprint density at radius 2 is 2.14 bits per heavy atom. The highest BCUT2D eigenvalue weighted by molar-refractivity contribution is 5.10. The van der Waals surface area contributed by atoms with Crippen molar-refractivity contribution in [3.8, 4) is 6.07 Å². The van der Waals surface area contributed by atoms with Crippen molar-refractivity contribution in [2.75, 3.05) is 0 Å². The smallest absolute Gasteiger partial charge is 0.157 e. The summed E-state index contributed by atoms with van der Waals surface area (Å²) in [5, 5.41) is 18.5. The third-order valence-electron chi connectivity index (χ3n) is 3.03. The SMILES string of the molecule is CCC(C#N)(OC(C)C(C)O)C1CC1. The summed E-state index contributed by atoms with van der Waals surface area (Å²) in [7, 11) is 0. The Labute approximate surface area is 85.7 Å². The van der Waals surface area contributed by atoms with Gasteiger partial charge in [-0.1, -0.05) is 6.92 Å². The van der Waals surface area contributed by atoms with Gasteiger partial charge in [0.25, 0.3) is 0 Å². The highest BCUT2D eigenvalue weighted by atomic mass is 16.5. The molecule has 80 valence electrons. The van der Waals surface area contributed by atoms with Crippen LogP contribution in [0.1, 0.15) is 40.0 Å². The minimum Gasteiger partial charge on any atom is -0.391 e. The van der Waals surface area contributed by atoms with Crippen LogP contribution in [0.25, 0.3) is 0 Å². The Morgan fingerprint density at radius 1 is 1.57 bits per heavy atom. The Hall–Kier alpha value is -0.590. The lowest BCUT2D eigenvalue weighted by Gasteiger charge is -2.30. The Balaban J connectivity index is 2.64. The molecule has 1 fully saturated rings. The summed E-state index contributed by atoms with van der Waals surface area (Å²) in [6.07, 6.45) is 2.07. The monoisotopic (exact) mass is 197 g/mol. The van der Waals surface area contributed by atoms with E-state index in [2.05, 4.69) is 6.07 Å². The Bertz CT molecular complexity index is 230. The number of hydrogen-bond acceptors (Lipinski definition) is 3. The molecule has 1 saturated carbocycles. The van der Waals surface area contributed by atoms with E-state index in [-0.39, 0.29) is 6.10 Å². The van der Waals surface area contributed by atoms with Crippen molar-refractivity contribution in [3.63, 3.8) is 0 Å². The van der Waals surface area contributed by atoms with E-state index in [1.165, 1.54) is 0 Å². The number of aliphatic hydroxyl groups is 1. The number of nitrogens with zero attached hydrogens (tertiary/aromatic N) is 1. The predicted molar refractivity (Wildman–Crippen MR) is 53.6 cm³/mol. The maximum atomic E-state index is 9.34. The van der Waals surface area contributed by atoms with Gasteiger partial charge in [0, 0.05) is 5.92 Å². The second-order valence-electron chi connectivity index (χ2n) is 4.19. The van der Waals surface area contributed by atoms with Gasteiger partial charge in [0.1, 0.15) is 0 Å². The molecule has 3 atom stereocenters. The topological polar surface area (TPSA) is 53.2 Å². The van der Waals surface area contributed by atoms with E-state index in [0.29, 0.717) is 12.3 Å². The first-order valence-electron chi connectivity index (χ1n) is 5.33. The van der Waals surface area contributed by atoms with E-state index in [0.717, 1.165) is 12.8 Å². The van der Waals surface area contributed by atoms with Gasteiger partial charge in [0.2, 0.25) is 0 Å². The molecule has 0 radical (unpaired) electrons. The molecule has 0 heterocycles. The molecular formula is C11H19NO2. The Morgan fingerprint density at radius 3 is 2.43 bits per heavy atom. The first-order chi connectivity index (χ1) is 6.55. The summed E-state index contributed by atoms with van der Waals surface area (Å²) >= 11 is 0. The molecule has 1 rings (SSSR count).